The fourth-order valence-corrected chi connectivity index (χ4v) is 1.73. The standard InChI is InChI=1S/C10H18F3N/c1-8(2)6-14-5-3-4-9(7-14)10(11,12)13/h8-9H,3-7H2,1-2H3/t9-/m1/s1/i6D2. The summed E-state index contributed by atoms with van der Waals surface area (Å²) < 4.78 is 53.3. The third-order valence-electron chi connectivity index (χ3n) is 2.33. The number of likely N-dealkylation sites (tertiary alicyclic amines) is 1. The summed E-state index contributed by atoms with van der Waals surface area (Å²) in [4.78, 5) is 1.33. The molecule has 0 N–H and O–H groups in total. The van der Waals surface area contributed by atoms with Gasteiger partial charge in [0, 0.05) is 15.8 Å². The Balaban J connectivity index is 2.71. The second-order valence-electron chi connectivity index (χ2n) is 4.11. The minimum atomic E-state index is -4.20. The molecule has 0 aromatic rings. The van der Waals surface area contributed by atoms with Gasteiger partial charge in [-0.05, 0) is 25.3 Å². The summed E-state index contributed by atoms with van der Waals surface area (Å²) in [5.74, 6) is -1.69. The van der Waals surface area contributed by atoms with Gasteiger partial charge in [0.15, 0.2) is 0 Å². The monoisotopic (exact) mass is 211 g/mol. The molecule has 1 saturated heterocycles. The Hall–Kier alpha value is -0.250. The highest BCUT2D eigenvalue weighted by atomic mass is 19.4. The van der Waals surface area contributed by atoms with Gasteiger partial charge in [0.1, 0.15) is 0 Å². The van der Waals surface area contributed by atoms with Gasteiger partial charge in [-0.2, -0.15) is 13.2 Å². The van der Waals surface area contributed by atoms with Crippen LogP contribution < -0.4 is 0 Å². The predicted octanol–water partition coefficient (Wildman–Crippen LogP) is 2.92. The zero-order valence-electron chi connectivity index (χ0n) is 10.6. The summed E-state index contributed by atoms with van der Waals surface area (Å²) in [6.45, 7) is 1.94. The number of rotatable bonds is 2. The largest absolute Gasteiger partial charge is 0.393 e. The van der Waals surface area contributed by atoms with Crippen molar-refractivity contribution < 1.29 is 15.9 Å². The Morgan fingerprint density at radius 2 is 2.14 bits per heavy atom. The van der Waals surface area contributed by atoms with E-state index in [0.717, 1.165) is 0 Å². The molecule has 1 fully saturated rings. The van der Waals surface area contributed by atoms with E-state index in [1.54, 1.807) is 13.8 Å². The molecule has 1 atom stereocenters. The van der Waals surface area contributed by atoms with Crippen LogP contribution in [0.3, 0.4) is 0 Å². The number of alkyl halides is 3. The maximum Gasteiger partial charge on any atom is 0.393 e. The number of hydrogen-bond acceptors (Lipinski definition) is 1. The first-order chi connectivity index (χ1) is 7.15. The summed E-state index contributed by atoms with van der Waals surface area (Å²) in [5, 5.41) is 0. The van der Waals surface area contributed by atoms with Crippen LogP contribution in [0.5, 0.6) is 0 Å². The number of nitrogens with zero attached hydrogens (tertiary/aromatic N) is 1. The van der Waals surface area contributed by atoms with Gasteiger partial charge in [0.2, 0.25) is 0 Å². The van der Waals surface area contributed by atoms with E-state index in [-0.39, 0.29) is 18.9 Å². The van der Waals surface area contributed by atoms with Crippen LogP contribution in [0.1, 0.15) is 29.4 Å². The van der Waals surface area contributed by atoms with Crippen LogP contribution in [-0.4, -0.2) is 30.7 Å². The lowest BCUT2D eigenvalue weighted by molar-refractivity contribution is -0.187. The number of hydrogen-bond donors (Lipinski definition) is 0. The van der Waals surface area contributed by atoms with Crippen molar-refractivity contribution in [1.82, 2.24) is 4.90 Å². The van der Waals surface area contributed by atoms with E-state index in [1.165, 1.54) is 4.90 Å². The van der Waals surface area contributed by atoms with Crippen LogP contribution in [0, 0.1) is 11.8 Å². The summed E-state index contributed by atoms with van der Waals surface area (Å²) in [6, 6.07) is 0. The summed E-state index contributed by atoms with van der Waals surface area (Å²) in [6.07, 6.45) is -3.67. The lowest BCUT2D eigenvalue weighted by Gasteiger charge is -2.34. The second kappa shape index (κ2) is 4.51. The molecule has 0 aromatic heterocycles. The Morgan fingerprint density at radius 3 is 2.64 bits per heavy atom. The van der Waals surface area contributed by atoms with Crippen molar-refractivity contribution in [1.29, 1.82) is 0 Å². The molecule has 0 saturated carbocycles. The van der Waals surface area contributed by atoms with Crippen molar-refractivity contribution in [2.24, 2.45) is 11.8 Å². The van der Waals surface area contributed by atoms with Crippen LogP contribution in [0.2, 0.25) is 0 Å². The van der Waals surface area contributed by atoms with Crippen molar-refractivity contribution in [3.8, 4) is 0 Å². The zero-order valence-corrected chi connectivity index (χ0v) is 8.56. The van der Waals surface area contributed by atoms with Crippen LogP contribution >= 0.6 is 0 Å². The van der Waals surface area contributed by atoms with Crippen molar-refractivity contribution in [3.05, 3.63) is 0 Å². The summed E-state index contributed by atoms with van der Waals surface area (Å²) in [5.41, 5.74) is 0. The molecule has 84 valence electrons. The van der Waals surface area contributed by atoms with Gasteiger partial charge in [0.05, 0.1) is 5.92 Å². The molecule has 1 aliphatic rings. The Labute approximate surface area is 86.1 Å². The van der Waals surface area contributed by atoms with Gasteiger partial charge in [-0.15, -0.1) is 0 Å². The lowest BCUT2D eigenvalue weighted by atomic mass is 9.97. The van der Waals surface area contributed by atoms with Crippen LogP contribution in [0.4, 0.5) is 13.2 Å². The minimum Gasteiger partial charge on any atom is -0.302 e. The van der Waals surface area contributed by atoms with E-state index in [9.17, 15) is 13.2 Å². The van der Waals surface area contributed by atoms with Gasteiger partial charge >= 0.3 is 6.18 Å². The van der Waals surface area contributed by atoms with Crippen molar-refractivity contribution in [3.63, 3.8) is 0 Å². The van der Waals surface area contributed by atoms with E-state index in [1.807, 2.05) is 0 Å². The van der Waals surface area contributed by atoms with Gasteiger partial charge in [-0.25, -0.2) is 0 Å². The maximum absolute atomic E-state index is 12.6. The molecule has 0 aromatic carbocycles. The highest BCUT2D eigenvalue weighted by molar-refractivity contribution is 4.78. The number of piperidine rings is 1. The third kappa shape index (κ3) is 3.48. The molecule has 1 nitrogen and oxygen atoms in total. The molecule has 0 aliphatic carbocycles. The predicted molar refractivity (Wildman–Crippen MR) is 50.1 cm³/mol. The topological polar surface area (TPSA) is 3.24 Å². The first-order valence-corrected chi connectivity index (χ1v) is 4.97. The summed E-state index contributed by atoms with van der Waals surface area (Å²) in [7, 11) is 0. The third-order valence-corrected chi connectivity index (χ3v) is 2.33. The van der Waals surface area contributed by atoms with Crippen molar-refractivity contribution in [2.45, 2.75) is 32.9 Å². The quantitative estimate of drug-likeness (QED) is 0.678. The molecule has 0 spiro atoms. The highest BCUT2D eigenvalue weighted by Gasteiger charge is 2.41. The highest BCUT2D eigenvalue weighted by Crippen LogP contribution is 2.33. The van der Waals surface area contributed by atoms with Gasteiger partial charge in [-0.3, -0.25) is 0 Å². The number of halogens is 3. The molecule has 1 heterocycles. The molecule has 0 radical (unpaired) electrons. The molecular weight excluding hydrogens is 191 g/mol. The Morgan fingerprint density at radius 1 is 1.50 bits per heavy atom. The minimum absolute atomic E-state index is 0.119. The van der Waals surface area contributed by atoms with E-state index in [2.05, 4.69) is 0 Å². The average molecular weight is 211 g/mol. The second-order valence-corrected chi connectivity index (χ2v) is 4.11. The fourth-order valence-electron chi connectivity index (χ4n) is 1.73. The van der Waals surface area contributed by atoms with Crippen molar-refractivity contribution in [2.75, 3.05) is 19.6 Å². The smallest absolute Gasteiger partial charge is 0.302 e. The van der Waals surface area contributed by atoms with Crippen LogP contribution in [-0.2, 0) is 0 Å². The van der Waals surface area contributed by atoms with Crippen LogP contribution in [0.25, 0.3) is 0 Å². The maximum atomic E-state index is 12.6. The van der Waals surface area contributed by atoms with Crippen molar-refractivity contribution >= 4 is 0 Å². The lowest BCUT2D eigenvalue weighted by Crippen LogP contribution is -2.42. The molecule has 14 heavy (non-hydrogen) atoms. The summed E-state index contributed by atoms with van der Waals surface area (Å²) >= 11 is 0. The van der Waals surface area contributed by atoms with E-state index < -0.39 is 18.6 Å². The Kier molecular flexibility index (Phi) is 2.90. The molecule has 1 rings (SSSR count). The molecule has 0 amide bonds. The van der Waals surface area contributed by atoms with Gasteiger partial charge in [-0.1, -0.05) is 13.8 Å². The fraction of sp³-hybridized carbons (Fsp3) is 1.00. The van der Waals surface area contributed by atoms with E-state index in [4.69, 9.17) is 2.74 Å². The van der Waals surface area contributed by atoms with Crippen LogP contribution in [0.15, 0.2) is 0 Å². The van der Waals surface area contributed by atoms with E-state index in [0.29, 0.717) is 13.0 Å². The molecule has 1 aliphatic heterocycles. The SMILES string of the molecule is [2H]C([2H])(C(C)C)N1CCC[C@@H](C(F)(F)F)C1. The average Bonchev–Trinajstić information content (AvgIpc) is 2.16. The first kappa shape index (κ1) is 9.01. The molecular formula is C10H18F3N. The Bertz CT molecular complexity index is 241. The van der Waals surface area contributed by atoms with Gasteiger partial charge in [0.25, 0.3) is 0 Å². The zero-order chi connectivity index (χ0) is 12.6. The molecule has 0 unspecified atom stereocenters. The first-order valence-electron chi connectivity index (χ1n) is 5.97. The van der Waals surface area contributed by atoms with E-state index >= 15 is 0 Å². The van der Waals surface area contributed by atoms with Gasteiger partial charge < -0.3 is 4.90 Å². The molecule has 4 heteroatoms. The normalized spacial score (nSPS) is 28.9. The molecule has 0 bridgehead atoms.